The van der Waals surface area contributed by atoms with Gasteiger partial charge in [0.1, 0.15) is 0 Å². The summed E-state index contributed by atoms with van der Waals surface area (Å²) >= 11 is 0. The third-order valence-corrected chi connectivity index (χ3v) is 5.41. The van der Waals surface area contributed by atoms with Crippen molar-refractivity contribution in [1.82, 2.24) is 10.6 Å². The predicted octanol–water partition coefficient (Wildman–Crippen LogP) is 4.76. The Morgan fingerprint density at radius 2 is 1.17 bits per heavy atom. The van der Waals surface area contributed by atoms with Gasteiger partial charge >= 0.3 is 0 Å². The maximum Gasteiger partial charge on any atom is 0.251 e. The number of anilines is 1. The second-order valence-electron chi connectivity index (χ2n) is 8.00. The van der Waals surface area contributed by atoms with Gasteiger partial charge in [-0.3, -0.25) is 9.59 Å². The van der Waals surface area contributed by atoms with Gasteiger partial charge in [-0.1, -0.05) is 75.7 Å². The highest BCUT2D eigenvalue weighted by Gasteiger charge is 2.12. The fourth-order valence-corrected chi connectivity index (χ4v) is 3.54. The number of nitrogens with two attached hydrogens (primary N) is 1. The highest BCUT2D eigenvalue weighted by molar-refractivity contribution is 5.94. The molecule has 1 aliphatic rings. The van der Waals surface area contributed by atoms with Gasteiger partial charge in [-0.15, -0.1) is 0 Å². The third kappa shape index (κ3) is 9.77. The highest BCUT2D eigenvalue weighted by atomic mass is 16.2. The van der Waals surface area contributed by atoms with Crippen LogP contribution < -0.4 is 16.4 Å². The zero-order chi connectivity index (χ0) is 21.4. The Kier molecular flexibility index (Phi) is 11.4. The number of benzene rings is 1. The van der Waals surface area contributed by atoms with Gasteiger partial charge in [0.05, 0.1) is 5.92 Å². The van der Waals surface area contributed by atoms with Gasteiger partial charge in [-0.05, 0) is 37.1 Å². The van der Waals surface area contributed by atoms with Crippen LogP contribution in [0.1, 0.15) is 74.6 Å². The molecule has 0 aliphatic heterocycles. The van der Waals surface area contributed by atoms with Crippen LogP contribution in [0.15, 0.2) is 48.6 Å². The van der Waals surface area contributed by atoms with Crippen molar-refractivity contribution in [3.8, 4) is 0 Å². The third-order valence-electron chi connectivity index (χ3n) is 5.41. The molecule has 1 aliphatic carbocycles. The van der Waals surface area contributed by atoms with E-state index < -0.39 is 0 Å². The van der Waals surface area contributed by atoms with Gasteiger partial charge in [0, 0.05) is 24.3 Å². The SMILES string of the molecule is Nc1ccc(C(=O)NCCCCCCCCCCCCNC(=O)C2C=CC=C2)cc1. The Morgan fingerprint density at radius 1 is 0.700 bits per heavy atom. The largest absolute Gasteiger partial charge is 0.399 e. The Labute approximate surface area is 181 Å². The molecule has 5 heteroatoms. The summed E-state index contributed by atoms with van der Waals surface area (Å²) in [5.74, 6) is 0.0246. The lowest BCUT2D eigenvalue weighted by molar-refractivity contribution is -0.122. The van der Waals surface area contributed by atoms with Crippen molar-refractivity contribution in [3.63, 3.8) is 0 Å². The summed E-state index contributed by atoms with van der Waals surface area (Å²) in [4.78, 5) is 23.8. The lowest BCUT2D eigenvalue weighted by Crippen LogP contribution is -2.29. The maximum atomic E-state index is 12.0. The normalized spacial score (nSPS) is 12.9. The molecule has 164 valence electrons. The number of carbonyl (C=O) groups excluding carboxylic acids is 2. The van der Waals surface area contributed by atoms with E-state index in [1.54, 1.807) is 24.3 Å². The zero-order valence-electron chi connectivity index (χ0n) is 18.1. The molecule has 0 fully saturated rings. The molecule has 0 saturated carbocycles. The van der Waals surface area contributed by atoms with Crippen LogP contribution >= 0.6 is 0 Å². The topological polar surface area (TPSA) is 84.2 Å². The molecule has 2 rings (SSSR count). The predicted molar refractivity (Wildman–Crippen MR) is 124 cm³/mol. The van der Waals surface area contributed by atoms with Gasteiger partial charge in [0.25, 0.3) is 5.91 Å². The first-order chi connectivity index (χ1) is 14.7. The monoisotopic (exact) mass is 411 g/mol. The van der Waals surface area contributed by atoms with Gasteiger partial charge in [-0.2, -0.15) is 0 Å². The fourth-order valence-electron chi connectivity index (χ4n) is 3.54. The van der Waals surface area contributed by atoms with Crippen LogP contribution in [0.5, 0.6) is 0 Å². The molecule has 30 heavy (non-hydrogen) atoms. The van der Waals surface area contributed by atoms with Gasteiger partial charge in [-0.25, -0.2) is 0 Å². The molecule has 0 unspecified atom stereocenters. The molecule has 0 spiro atoms. The number of hydrogen-bond donors (Lipinski definition) is 3. The Balaban J connectivity index is 1.31. The van der Waals surface area contributed by atoms with Crippen molar-refractivity contribution in [3.05, 3.63) is 54.1 Å². The van der Waals surface area contributed by atoms with E-state index in [0.717, 1.165) is 32.4 Å². The summed E-state index contributed by atoms with van der Waals surface area (Å²) in [7, 11) is 0. The summed E-state index contributed by atoms with van der Waals surface area (Å²) in [5, 5.41) is 5.97. The van der Waals surface area contributed by atoms with Crippen LogP contribution in [0.3, 0.4) is 0 Å². The molecule has 5 nitrogen and oxygen atoms in total. The van der Waals surface area contributed by atoms with E-state index >= 15 is 0 Å². The average molecular weight is 412 g/mol. The van der Waals surface area contributed by atoms with Crippen LogP contribution in [-0.4, -0.2) is 24.9 Å². The van der Waals surface area contributed by atoms with Crippen molar-refractivity contribution in [2.24, 2.45) is 5.92 Å². The molecular weight excluding hydrogens is 374 g/mol. The lowest BCUT2D eigenvalue weighted by Gasteiger charge is -2.08. The van der Waals surface area contributed by atoms with E-state index in [4.69, 9.17) is 5.73 Å². The van der Waals surface area contributed by atoms with E-state index in [9.17, 15) is 9.59 Å². The first kappa shape index (κ1) is 23.7. The summed E-state index contributed by atoms with van der Waals surface area (Å²) in [6.45, 7) is 1.51. The van der Waals surface area contributed by atoms with Crippen molar-refractivity contribution in [2.75, 3.05) is 18.8 Å². The highest BCUT2D eigenvalue weighted by Crippen LogP contribution is 2.11. The summed E-state index contributed by atoms with van der Waals surface area (Å²) in [6.07, 6.45) is 19.7. The number of carbonyl (C=O) groups is 2. The molecule has 0 aromatic heterocycles. The summed E-state index contributed by atoms with van der Waals surface area (Å²) < 4.78 is 0. The molecule has 0 atom stereocenters. The molecular formula is C25H37N3O2. The maximum absolute atomic E-state index is 12.0. The molecule has 1 aromatic rings. The summed E-state index contributed by atoms with van der Waals surface area (Å²) in [5.41, 5.74) is 6.97. The number of unbranched alkanes of at least 4 members (excludes halogenated alkanes) is 9. The van der Waals surface area contributed by atoms with E-state index in [1.807, 2.05) is 24.3 Å². The second kappa shape index (κ2) is 14.4. The molecule has 4 N–H and O–H groups in total. The number of nitrogen functional groups attached to an aromatic ring is 1. The first-order valence-corrected chi connectivity index (χ1v) is 11.4. The molecule has 0 radical (unpaired) electrons. The van der Waals surface area contributed by atoms with E-state index in [2.05, 4.69) is 10.6 Å². The fraction of sp³-hybridized carbons (Fsp3) is 0.520. The minimum Gasteiger partial charge on any atom is -0.399 e. The van der Waals surface area contributed by atoms with E-state index in [0.29, 0.717) is 11.3 Å². The van der Waals surface area contributed by atoms with E-state index in [-0.39, 0.29) is 17.7 Å². The molecule has 0 bridgehead atoms. The quantitative estimate of drug-likeness (QED) is 0.287. The Morgan fingerprint density at radius 3 is 1.70 bits per heavy atom. The van der Waals surface area contributed by atoms with E-state index in [1.165, 1.54) is 44.9 Å². The number of amides is 2. The van der Waals surface area contributed by atoms with Crippen LogP contribution in [0.2, 0.25) is 0 Å². The van der Waals surface area contributed by atoms with Crippen molar-refractivity contribution >= 4 is 17.5 Å². The first-order valence-electron chi connectivity index (χ1n) is 11.4. The van der Waals surface area contributed by atoms with Gasteiger partial charge in [0.15, 0.2) is 0 Å². The molecule has 1 aromatic carbocycles. The Hall–Kier alpha value is -2.56. The summed E-state index contributed by atoms with van der Waals surface area (Å²) in [6, 6.07) is 7.01. The number of rotatable bonds is 15. The van der Waals surface area contributed by atoms with Crippen LogP contribution in [-0.2, 0) is 4.79 Å². The van der Waals surface area contributed by atoms with Crippen molar-refractivity contribution in [2.45, 2.75) is 64.2 Å². The number of allylic oxidation sites excluding steroid dienone is 2. The standard InChI is InChI=1S/C25H37N3O2/c26-23-17-15-22(16-18-23)25(30)28-20-12-8-6-4-2-1-3-5-7-11-19-27-24(29)21-13-9-10-14-21/h9-10,13-18,21H,1-8,11-12,19-20,26H2,(H,27,29)(H,28,30). The van der Waals surface area contributed by atoms with Crippen molar-refractivity contribution < 1.29 is 9.59 Å². The minimum absolute atomic E-state index is 0.0261. The smallest absolute Gasteiger partial charge is 0.251 e. The molecule has 0 heterocycles. The molecule has 0 saturated heterocycles. The number of nitrogens with one attached hydrogen (secondary N) is 2. The van der Waals surface area contributed by atoms with Crippen LogP contribution in [0.4, 0.5) is 5.69 Å². The number of hydrogen-bond acceptors (Lipinski definition) is 3. The van der Waals surface area contributed by atoms with Gasteiger partial charge < -0.3 is 16.4 Å². The van der Waals surface area contributed by atoms with Crippen LogP contribution in [0, 0.1) is 5.92 Å². The second-order valence-corrected chi connectivity index (χ2v) is 8.00. The lowest BCUT2D eigenvalue weighted by atomic mass is 10.1. The van der Waals surface area contributed by atoms with Gasteiger partial charge in [0.2, 0.25) is 5.91 Å². The van der Waals surface area contributed by atoms with Crippen molar-refractivity contribution in [1.29, 1.82) is 0 Å². The van der Waals surface area contributed by atoms with Crippen LogP contribution in [0.25, 0.3) is 0 Å². The Bertz CT molecular complexity index is 683. The zero-order valence-corrected chi connectivity index (χ0v) is 18.1. The average Bonchev–Trinajstić information content (AvgIpc) is 3.29. The molecule has 2 amide bonds. The minimum atomic E-state index is -0.0648.